The van der Waals surface area contributed by atoms with E-state index in [0.29, 0.717) is 49.5 Å². The number of fused-ring (bicyclic) bond motifs is 1. The molecule has 1 unspecified atom stereocenters. The minimum absolute atomic E-state index is 0.215. The highest BCUT2D eigenvalue weighted by molar-refractivity contribution is 7.16. The van der Waals surface area contributed by atoms with Crippen molar-refractivity contribution in [3.63, 3.8) is 0 Å². The average molecular weight is 533 g/mol. The molecule has 1 aliphatic rings. The molecule has 0 radical (unpaired) electrons. The first-order valence-electron chi connectivity index (χ1n) is 11.1. The predicted octanol–water partition coefficient (Wildman–Crippen LogP) is 5.32. The normalized spacial score (nSPS) is 17.0. The molecule has 1 atom stereocenters. The maximum Gasteiger partial charge on any atom is 0.573 e. The zero-order valence-corrected chi connectivity index (χ0v) is 19.8. The first kappa shape index (κ1) is 26.0. The van der Waals surface area contributed by atoms with Gasteiger partial charge in [0.05, 0.1) is 16.4 Å². The number of aromatic nitrogens is 1. The molecule has 2 aromatic carbocycles. The number of benzene rings is 2. The monoisotopic (exact) mass is 532 g/mol. The van der Waals surface area contributed by atoms with E-state index >= 15 is 0 Å². The number of carbonyl (C=O) groups is 1. The Bertz CT molecular complexity index is 1280. The van der Waals surface area contributed by atoms with Gasteiger partial charge < -0.3 is 14.2 Å². The van der Waals surface area contributed by atoms with E-state index in [1.165, 1.54) is 10.6 Å². The molecule has 3 aromatic rings. The molecule has 2 heterocycles. The Morgan fingerprint density at radius 3 is 2.28 bits per heavy atom. The summed E-state index contributed by atoms with van der Waals surface area (Å²) in [5.41, 5.74) is 1.42. The van der Waals surface area contributed by atoms with Gasteiger partial charge in [-0.05, 0) is 36.8 Å². The molecule has 0 bridgehead atoms. The Labute approximate surface area is 206 Å². The molecule has 0 saturated carbocycles. The molecule has 194 valence electrons. The van der Waals surface area contributed by atoms with Crippen LogP contribution in [0.4, 0.5) is 32.0 Å². The highest BCUT2D eigenvalue weighted by atomic mass is 32.1. The average Bonchev–Trinajstić information content (AvgIpc) is 3.16. The highest BCUT2D eigenvalue weighted by Gasteiger charge is 2.39. The number of hydrogen-bond acceptors (Lipinski definition) is 5. The van der Waals surface area contributed by atoms with Gasteiger partial charge in [0.1, 0.15) is 5.75 Å². The summed E-state index contributed by atoms with van der Waals surface area (Å²) < 4.78 is 82.7. The molecule has 4 rings (SSSR count). The van der Waals surface area contributed by atoms with Crippen LogP contribution < -0.4 is 14.4 Å². The molecule has 1 aromatic heterocycles. The summed E-state index contributed by atoms with van der Waals surface area (Å²) in [6.45, 7) is 4.35. The van der Waals surface area contributed by atoms with Gasteiger partial charge in [-0.3, -0.25) is 9.69 Å². The molecule has 0 N–H and O–H groups in total. The Hall–Kier alpha value is -3.06. The fourth-order valence-corrected chi connectivity index (χ4v) is 5.35. The van der Waals surface area contributed by atoms with E-state index in [0.717, 1.165) is 17.8 Å². The van der Waals surface area contributed by atoms with E-state index in [4.69, 9.17) is 0 Å². The number of carbonyl (C=O) groups excluding carboxylic acids is 1. The standard InChI is InChI=1S/C23H22F6N4O2S/c1-2-19(32-12-10-31(11-13-32)15-6-4-3-5-7-15)33-17-9-8-16(35-23(27,28)29)14-18(17)36-21(33)30-20(34)22(24,25)26/h3-9,14,19H,2,10-13H2,1H3. The third-order valence-electron chi connectivity index (χ3n) is 5.79. The van der Waals surface area contributed by atoms with Crippen LogP contribution in [0, 0.1) is 0 Å². The zero-order chi connectivity index (χ0) is 26.1. The van der Waals surface area contributed by atoms with Crippen LogP contribution in [0.15, 0.2) is 53.5 Å². The number of hydrogen-bond donors (Lipinski definition) is 0. The van der Waals surface area contributed by atoms with Gasteiger partial charge in [0.2, 0.25) is 0 Å². The van der Waals surface area contributed by atoms with Gasteiger partial charge in [0.25, 0.3) is 0 Å². The van der Waals surface area contributed by atoms with Crippen molar-refractivity contribution >= 4 is 33.1 Å². The lowest BCUT2D eigenvalue weighted by molar-refractivity contribution is -0.274. The zero-order valence-electron chi connectivity index (χ0n) is 19.0. The summed E-state index contributed by atoms with van der Waals surface area (Å²) >= 11 is 0.705. The van der Waals surface area contributed by atoms with Crippen LogP contribution in [0.2, 0.25) is 0 Å². The third-order valence-corrected chi connectivity index (χ3v) is 6.81. The number of halogens is 6. The van der Waals surface area contributed by atoms with Crippen LogP contribution in [0.25, 0.3) is 10.2 Å². The lowest BCUT2D eigenvalue weighted by Crippen LogP contribution is -2.49. The van der Waals surface area contributed by atoms with Crippen molar-refractivity contribution in [1.29, 1.82) is 0 Å². The van der Waals surface area contributed by atoms with Gasteiger partial charge in [0.15, 0.2) is 4.80 Å². The van der Waals surface area contributed by atoms with E-state index in [1.807, 2.05) is 37.3 Å². The summed E-state index contributed by atoms with van der Waals surface area (Å²) in [7, 11) is 0. The fraction of sp³-hybridized carbons (Fsp3) is 0.391. The summed E-state index contributed by atoms with van der Waals surface area (Å²) in [6, 6.07) is 13.3. The number of amides is 1. The molecule has 1 amide bonds. The summed E-state index contributed by atoms with van der Waals surface area (Å²) in [5, 5.41) is 0. The van der Waals surface area contributed by atoms with E-state index in [2.05, 4.69) is 19.5 Å². The minimum Gasteiger partial charge on any atom is -0.406 e. The van der Waals surface area contributed by atoms with Gasteiger partial charge in [-0.25, -0.2) is 0 Å². The predicted molar refractivity (Wildman–Crippen MR) is 123 cm³/mol. The lowest BCUT2D eigenvalue weighted by atomic mass is 10.2. The lowest BCUT2D eigenvalue weighted by Gasteiger charge is -2.40. The number of para-hydroxylation sites is 1. The van der Waals surface area contributed by atoms with Crippen LogP contribution >= 0.6 is 11.3 Å². The molecule has 36 heavy (non-hydrogen) atoms. The number of rotatable bonds is 5. The first-order valence-corrected chi connectivity index (χ1v) is 11.9. The van der Waals surface area contributed by atoms with Crippen molar-refractivity contribution in [2.75, 3.05) is 31.1 Å². The number of piperazine rings is 1. The number of thiazole rings is 1. The Kier molecular flexibility index (Phi) is 7.32. The summed E-state index contributed by atoms with van der Waals surface area (Å²) in [6.07, 6.45) is -10.1. The Morgan fingerprint density at radius 1 is 1.03 bits per heavy atom. The molecule has 0 spiro atoms. The van der Waals surface area contributed by atoms with Crippen molar-refractivity contribution in [3.8, 4) is 5.75 Å². The van der Waals surface area contributed by atoms with Crippen LogP contribution in [-0.2, 0) is 4.79 Å². The van der Waals surface area contributed by atoms with E-state index in [9.17, 15) is 31.1 Å². The number of ether oxygens (including phenoxy) is 1. The maximum atomic E-state index is 13.0. The molecule has 6 nitrogen and oxygen atoms in total. The highest BCUT2D eigenvalue weighted by Crippen LogP contribution is 2.31. The van der Waals surface area contributed by atoms with Gasteiger partial charge in [-0.2, -0.15) is 18.2 Å². The number of anilines is 1. The van der Waals surface area contributed by atoms with Gasteiger partial charge >= 0.3 is 18.4 Å². The van der Waals surface area contributed by atoms with Crippen LogP contribution in [0.1, 0.15) is 19.5 Å². The quantitative estimate of drug-likeness (QED) is 0.418. The maximum absolute atomic E-state index is 13.0. The van der Waals surface area contributed by atoms with E-state index < -0.39 is 30.4 Å². The molecular weight excluding hydrogens is 510 g/mol. The van der Waals surface area contributed by atoms with Crippen LogP contribution in [-0.4, -0.2) is 54.1 Å². The molecule has 1 saturated heterocycles. The Morgan fingerprint density at radius 2 is 1.69 bits per heavy atom. The second kappa shape index (κ2) is 10.1. The van der Waals surface area contributed by atoms with Crippen molar-refractivity contribution in [2.24, 2.45) is 4.99 Å². The second-order valence-electron chi connectivity index (χ2n) is 8.09. The third kappa shape index (κ3) is 5.84. The molecule has 1 aliphatic heterocycles. The minimum atomic E-state index is -5.18. The van der Waals surface area contributed by atoms with Crippen molar-refractivity contribution < 1.29 is 35.9 Å². The van der Waals surface area contributed by atoms with Gasteiger partial charge in [-0.1, -0.05) is 36.5 Å². The van der Waals surface area contributed by atoms with Crippen LogP contribution in [0.5, 0.6) is 5.75 Å². The second-order valence-corrected chi connectivity index (χ2v) is 9.10. The van der Waals surface area contributed by atoms with Gasteiger partial charge in [0, 0.05) is 31.9 Å². The Balaban J connectivity index is 1.72. The first-order chi connectivity index (χ1) is 17.0. The number of alkyl halides is 6. The molecule has 1 fully saturated rings. The fourth-order valence-electron chi connectivity index (χ4n) is 4.26. The van der Waals surface area contributed by atoms with E-state index in [1.54, 1.807) is 0 Å². The van der Waals surface area contributed by atoms with Crippen molar-refractivity contribution in [1.82, 2.24) is 9.47 Å². The number of nitrogens with zero attached hydrogens (tertiary/aromatic N) is 4. The molecule has 13 heteroatoms. The smallest absolute Gasteiger partial charge is 0.406 e. The van der Waals surface area contributed by atoms with Crippen LogP contribution in [0.3, 0.4) is 0 Å². The summed E-state index contributed by atoms with van der Waals surface area (Å²) in [5.74, 6) is -2.79. The van der Waals surface area contributed by atoms with Crippen molar-refractivity contribution in [3.05, 3.63) is 53.3 Å². The van der Waals surface area contributed by atoms with Gasteiger partial charge in [-0.15, -0.1) is 13.2 Å². The molecule has 0 aliphatic carbocycles. The topological polar surface area (TPSA) is 50.1 Å². The SMILES string of the molecule is CCC(N1CCN(c2ccccc2)CC1)n1c(=NC(=O)C(F)(F)F)sc2cc(OC(F)(F)F)ccc21. The van der Waals surface area contributed by atoms with Crippen molar-refractivity contribution in [2.45, 2.75) is 32.0 Å². The van der Waals surface area contributed by atoms with E-state index in [-0.39, 0.29) is 9.50 Å². The molecular formula is C23H22F6N4O2S. The summed E-state index contributed by atoms with van der Waals surface area (Å²) in [4.78, 5) is 19.1. The largest absolute Gasteiger partial charge is 0.573 e.